The van der Waals surface area contributed by atoms with E-state index in [2.05, 4.69) is 43.1 Å². The molecular weight excluding hydrogens is 246 g/mol. The molecule has 20 heavy (non-hydrogen) atoms. The Balaban J connectivity index is 0.000000956. The van der Waals surface area contributed by atoms with Crippen molar-refractivity contribution in [2.45, 2.75) is 59.4 Å². The number of pyridine rings is 1. The molecule has 3 heteroatoms. The summed E-state index contributed by atoms with van der Waals surface area (Å²) in [6, 6.07) is 5.03. The summed E-state index contributed by atoms with van der Waals surface area (Å²) in [5, 5.41) is 3.29. The predicted octanol–water partition coefficient (Wildman–Crippen LogP) is 3.73. The number of hydrogen-bond donors (Lipinski definition) is 1. The number of aromatic nitrogens is 1. The molecule has 0 spiro atoms. The average Bonchev–Trinajstić information content (AvgIpc) is 2.89. The topological polar surface area (TPSA) is 28.2 Å². The second kappa shape index (κ2) is 8.25. The van der Waals surface area contributed by atoms with Gasteiger partial charge in [0.15, 0.2) is 0 Å². The van der Waals surface area contributed by atoms with Crippen LogP contribution < -0.4 is 10.2 Å². The first kappa shape index (κ1) is 17.0. The molecule has 0 aromatic carbocycles. The molecule has 1 fully saturated rings. The summed E-state index contributed by atoms with van der Waals surface area (Å²) in [4.78, 5) is 7.31. The lowest BCUT2D eigenvalue weighted by atomic mass is 10.1. The molecule has 114 valence electrons. The second-order valence-electron chi connectivity index (χ2n) is 5.63. The number of hydrogen-bond acceptors (Lipinski definition) is 3. The largest absolute Gasteiger partial charge is 0.352 e. The number of nitrogens with one attached hydrogen (secondary N) is 1. The lowest BCUT2D eigenvalue weighted by Crippen LogP contribution is -2.37. The normalized spacial score (nSPS) is 18.1. The van der Waals surface area contributed by atoms with Gasteiger partial charge in [-0.3, -0.25) is 0 Å². The van der Waals surface area contributed by atoms with Crippen molar-refractivity contribution in [2.75, 3.05) is 25.0 Å². The van der Waals surface area contributed by atoms with Crippen LogP contribution in [0.3, 0.4) is 0 Å². The monoisotopic (exact) mass is 277 g/mol. The van der Waals surface area contributed by atoms with E-state index in [1.807, 2.05) is 20.9 Å². The Morgan fingerprint density at radius 2 is 2.05 bits per heavy atom. The minimum atomic E-state index is 0.494. The standard InChI is InChI=1S/C15H25N3.C2H6/c1-11(2)14-8-12(3)9-15(17-14)18-7-5-6-13(18)10-16-4;1-2/h8-9,11,13,16H,5-7,10H2,1-4H3;1-2H3. The Hall–Kier alpha value is -1.09. The summed E-state index contributed by atoms with van der Waals surface area (Å²) >= 11 is 0. The predicted molar refractivity (Wildman–Crippen MR) is 88.7 cm³/mol. The Bertz CT molecular complexity index is 401. The van der Waals surface area contributed by atoms with Crippen LogP contribution in [0.4, 0.5) is 5.82 Å². The van der Waals surface area contributed by atoms with Crippen molar-refractivity contribution in [2.24, 2.45) is 0 Å². The SMILES string of the molecule is CC.CNCC1CCCN1c1cc(C)cc(C(C)C)n1. The lowest BCUT2D eigenvalue weighted by Gasteiger charge is -2.26. The molecule has 1 atom stereocenters. The first-order valence-corrected chi connectivity index (χ1v) is 8.01. The molecular formula is C17H31N3. The van der Waals surface area contributed by atoms with Crippen molar-refractivity contribution in [3.8, 4) is 0 Å². The van der Waals surface area contributed by atoms with Crippen LogP contribution in [0.25, 0.3) is 0 Å². The van der Waals surface area contributed by atoms with Gasteiger partial charge in [-0.15, -0.1) is 0 Å². The van der Waals surface area contributed by atoms with Crippen molar-refractivity contribution < 1.29 is 0 Å². The molecule has 1 unspecified atom stereocenters. The molecule has 1 N–H and O–H groups in total. The minimum absolute atomic E-state index is 0.494. The van der Waals surface area contributed by atoms with Gasteiger partial charge in [0, 0.05) is 24.8 Å². The van der Waals surface area contributed by atoms with Gasteiger partial charge >= 0.3 is 0 Å². The summed E-state index contributed by atoms with van der Waals surface area (Å²) in [6.45, 7) is 12.8. The molecule has 2 heterocycles. The molecule has 1 saturated heterocycles. The van der Waals surface area contributed by atoms with E-state index in [0.717, 1.165) is 18.9 Å². The van der Waals surface area contributed by atoms with Crippen molar-refractivity contribution in [1.29, 1.82) is 0 Å². The van der Waals surface area contributed by atoms with Gasteiger partial charge in [0.05, 0.1) is 0 Å². The summed E-state index contributed by atoms with van der Waals surface area (Å²) in [5.74, 6) is 1.66. The first-order chi connectivity index (χ1) is 9.61. The Kier molecular flexibility index (Phi) is 7.00. The molecule has 0 radical (unpaired) electrons. The van der Waals surface area contributed by atoms with Crippen LogP contribution in [0.15, 0.2) is 12.1 Å². The highest BCUT2D eigenvalue weighted by Crippen LogP contribution is 2.26. The molecule has 0 aliphatic carbocycles. The highest BCUT2D eigenvalue weighted by molar-refractivity contribution is 5.45. The molecule has 1 aliphatic heterocycles. The van der Waals surface area contributed by atoms with Crippen molar-refractivity contribution in [3.63, 3.8) is 0 Å². The third kappa shape index (κ3) is 4.20. The number of aryl methyl sites for hydroxylation is 1. The van der Waals surface area contributed by atoms with Crippen molar-refractivity contribution in [3.05, 3.63) is 23.4 Å². The van der Waals surface area contributed by atoms with E-state index in [1.165, 1.54) is 24.1 Å². The third-order valence-electron chi connectivity index (χ3n) is 3.68. The van der Waals surface area contributed by atoms with E-state index >= 15 is 0 Å². The van der Waals surface area contributed by atoms with E-state index in [9.17, 15) is 0 Å². The fourth-order valence-electron chi connectivity index (χ4n) is 2.70. The Labute approximate surface area is 124 Å². The van der Waals surface area contributed by atoms with Crippen molar-refractivity contribution in [1.82, 2.24) is 10.3 Å². The number of anilines is 1. The quantitative estimate of drug-likeness (QED) is 0.909. The van der Waals surface area contributed by atoms with Gasteiger partial charge < -0.3 is 10.2 Å². The fourth-order valence-corrected chi connectivity index (χ4v) is 2.70. The molecule has 1 aliphatic rings. The molecule has 0 saturated carbocycles. The van der Waals surface area contributed by atoms with E-state index in [0.29, 0.717) is 12.0 Å². The fraction of sp³-hybridized carbons (Fsp3) is 0.706. The maximum Gasteiger partial charge on any atom is 0.129 e. The number of nitrogens with zero attached hydrogens (tertiary/aromatic N) is 2. The second-order valence-corrected chi connectivity index (χ2v) is 5.63. The summed E-state index contributed by atoms with van der Waals surface area (Å²) < 4.78 is 0. The van der Waals surface area contributed by atoms with Crippen LogP contribution in [0.5, 0.6) is 0 Å². The van der Waals surface area contributed by atoms with Gasteiger partial charge in [0.1, 0.15) is 5.82 Å². The van der Waals surface area contributed by atoms with Gasteiger partial charge in [0.25, 0.3) is 0 Å². The zero-order chi connectivity index (χ0) is 15.1. The van der Waals surface area contributed by atoms with E-state index in [4.69, 9.17) is 4.98 Å². The summed E-state index contributed by atoms with van der Waals surface area (Å²) in [7, 11) is 2.03. The van der Waals surface area contributed by atoms with E-state index in [1.54, 1.807) is 0 Å². The lowest BCUT2D eigenvalue weighted by molar-refractivity contribution is 0.610. The number of rotatable bonds is 4. The zero-order valence-corrected chi connectivity index (χ0v) is 14.0. The van der Waals surface area contributed by atoms with Crippen LogP contribution in [0, 0.1) is 6.92 Å². The van der Waals surface area contributed by atoms with E-state index < -0.39 is 0 Å². The Morgan fingerprint density at radius 1 is 1.35 bits per heavy atom. The van der Waals surface area contributed by atoms with Gasteiger partial charge in [-0.05, 0) is 50.4 Å². The van der Waals surface area contributed by atoms with Crippen LogP contribution in [0.1, 0.15) is 57.7 Å². The molecule has 0 bridgehead atoms. The average molecular weight is 277 g/mol. The maximum atomic E-state index is 4.85. The van der Waals surface area contributed by atoms with Gasteiger partial charge in [0.2, 0.25) is 0 Å². The zero-order valence-electron chi connectivity index (χ0n) is 14.0. The van der Waals surface area contributed by atoms with Crippen LogP contribution in [-0.4, -0.2) is 31.2 Å². The molecule has 1 aromatic rings. The van der Waals surface area contributed by atoms with Crippen molar-refractivity contribution >= 4 is 5.82 Å². The molecule has 3 nitrogen and oxygen atoms in total. The first-order valence-electron chi connectivity index (χ1n) is 8.01. The summed E-state index contributed by atoms with van der Waals surface area (Å²) in [6.07, 6.45) is 2.55. The molecule has 0 amide bonds. The van der Waals surface area contributed by atoms with Crippen LogP contribution in [-0.2, 0) is 0 Å². The highest BCUT2D eigenvalue weighted by Gasteiger charge is 2.25. The van der Waals surface area contributed by atoms with Gasteiger partial charge in [-0.1, -0.05) is 27.7 Å². The summed E-state index contributed by atoms with van der Waals surface area (Å²) in [5.41, 5.74) is 2.53. The smallest absolute Gasteiger partial charge is 0.129 e. The molecule has 1 aromatic heterocycles. The van der Waals surface area contributed by atoms with Gasteiger partial charge in [-0.25, -0.2) is 4.98 Å². The van der Waals surface area contributed by atoms with Gasteiger partial charge in [-0.2, -0.15) is 0 Å². The van der Waals surface area contributed by atoms with Crippen LogP contribution in [0.2, 0.25) is 0 Å². The minimum Gasteiger partial charge on any atom is -0.352 e. The van der Waals surface area contributed by atoms with Crippen LogP contribution >= 0.6 is 0 Å². The molecule has 2 rings (SSSR count). The van der Waals surface area contributed by atoms with E-state index in [-0.39, 0.29) is 0 Å². The maximum absolute atomic E-state index is 4.85. The Morgan fingerprint density at radius 3 is 2.65 bits per heavy atom. The number of likely N-dealkylation sites (N-methyl/N-ethyl adjacent to an activating group) is 1. The highest BCUT2D eigenvalue weighted by atomic mass is 15.2. The third-order valence-corrected chi connectivity index (χ3v) is 3.68.